The summed E-state index contributed by atoms with van der Waals surface area (Å²) >= 11 is 4.45. The third-order valence-electron chi connectivity index (χ3n) is 4.04. The number of isothiocyanates is 1. The number of hydrogen-bond donors (Lipinski definition) is 1. The van der Waals surface area contributed by atoms with Gasteiger partial charge in [0.25, 0.3) is 0 Å². The van der Waals surface area contributed by atoms with Crippen LogP contribution < -0.4 is 0 Å². The predicted octanol–water partition coefficient (Wildman–Crippen LogP) is 5.06. The van der Waals surface area contributed by atoms with E-state index in [0.717, 1.165) is 12.8 Å². The standard InChI is InChI=1S/C18H31NO3S/c1-2-3-4-5-6-7-8-9-10-11-17(20)14-16(18(21)22)12-13-19-15-23/h16H,2-14H2,1H3,(H,21,22). The van der Waals surface area contributed by atoms with E-state index in [1.165, 1.54) is 44.9 Å². The van der Waals surface area contributed by atoms with Crippen molar-refractivity contribution in [1.82, 2.24) is 0 Å². The Kier molecular flexibility index (Phi) is 15.1. The smallest absolute Gasteiger partial charge is 0.307 e. The highest BCUT2D eigenvalue weighted by atomic mass is 32.1. The first-order valence-corrected chi connectivity index (χ1v) is 9.30. The molecule has 0 radical (unpaired) electrons. The number of carbonyl (C=O) groups is 2. The molecule has 0 aliphatic rings. The second-order valence-electron chi connectivity index (χ2n) is 6.12. The van der Waals surface area contributed by atoms with Gasteiger partial charge in [-0.3, -0.25) is 9.59 Å². The number of carbonyl (C=O) groups excluding carboxylic acids is 1. The van der Waals surface area contributed by atoms with Crippen molar-refractivity contribution in [1.29, 1.82) is 0 Å². The van der Waals surface area contributed by atoms with E-state index in [4.69, 9.17) is 5.11 Å². The number of nitrogens with zero attached hydrogens (tertiary/aromatic N) is 1. The fourth-order valence-corrected chi connectivity index (χ4v) is 2.68. The largest absolute Gasteiger partial charge is 0.481 e. The van der Waals surface area contributed by atoms with Gasteiger partial charge in [0.05, 0.1) is 17.6 Å². The lowest BCUT2D eigenvalue weighted by Gasteiger charge is -2.09. The van der Waals surface area contributed by atoms with Gasteiger partial charge in [-0.2, -0.15) is 0 Å². The van der Waals surface area contributed by atoms with Gasteiger partial charge in [0.1, 0.15) is 5.78 Å². The summed E-state index contributed by atoms with van der Waals surface area (Å²) in [6, 6.07) is 0. The summed E-state index contributed by atoms with van der Waals surface area (Å²) in [6.45, 7) is 2.54. The molecule has 1 unspecified atom stereocenters. The number of rotatable bonds is 16. The fraction of sp³-hybridized carbons (Fsp3) is 0.833. The molecule has 0 heterocycles. The van der Waals surface area contributed by atoms with E-state index >= 15 is 0 Å². The molecule has 0 spiro atoms. The Labute approximate surface area is 145 Å². The summed E-state index contributed by atoms with van der Waals surface area (Å²) < 4.78 is 0. The number of carboxylic acids is 1. The van der Waals surface area contributed by atoms with Crippen molar-refractivity contribution in [2.75, 3.05) is 6.54 Å². The molecule has 0 saturated carbocycles. The SMILES string of the molecule is CCCCCCCCCCCC(=O)CC(CCN=C=S)C(=O)O. The highest BCUT2D eigenvalue weighted by Crippen LogP contribution is 2.14. The lowest BCUT2D eigenvalue weighted by Crippen LogP contribution is -2.19. The molecule has 0 amide bonds. The quantitative estimate of drug-likeness (QED) is 0.242. The number of hydrogen-bond acceptors (Lipinski definition) is 4. The van der Waals surface area contributed by atoms with Crippen LogP contribution in [0.2, 0.25) is 0 Å². The number of aliphatic imine (C=N–C) groups is 1. The van der Waals surface area contributed by atoms with Crippen molar-refractivity contribution in [2.24, 2.45) is 10.9 Å². The second-order valence-corrected chi connectivity index (χ2v) is 6.30. The lowest BCUT2D eigenvalue weighted by atomic mass is 9.96. The minimum Gasteiger partial charge on any atom is -0.481 e. The molecule has 0 aromatic carbocycles. The molecule has 0 fully saturated rings. The van der Waals surface area contributed by atoms with Gasteiger partial charge in [-0.25, -0.2) is 4.99 Å². The third-order valence-corrected chi connectivity index (χ3v) is 4.17. The maximum atomic E-state index is 11.9. The van der Waals surface area contributed by atoms with Gasteiger partial charge in [0.2, 0.25) is 0 Å². The first-order chi connectivity index (χ1) is 11.1. The van der Waals surface area contributed by atoms with Crippen LogP contribution in [0.3, 0.4) is 0 Å². The van der Waals surface area contributed by atoms with Crippen molar-refractivity contribution in [2.45, 2.75) is 84.0 Å². The molecule has 1 atom stereocenters. The van der Waals surface area contributed by atoms with Gasteiger partial charge in [-0.15, -0.1) is 0 Å². The van der Waals surface area contributed by atoms with E-state index < -0.39 is 11.9 Å². The maximum Gasteiger partial charge on any atom is 0.307 e. The van der Waals surface area contributed by atoms with Gasteiger partial charge in [0.15, 0.2) is 0 Å². The molecule has 0 saturated heterocycles. The Morgan fingerprint density at radius 2 is 1.61 bits per heavy atom. The number of unbranched alkanes of at least 4 members (excludes halogenated alkanes) is 8. The highest BCUT2D eigenvalue weighted by molar-refractivity contribution is 7.78. The van der Waals surface area contributed by atoms with Crippen molar-refractivity contribution < 1.29 is 14.7 Å². The number of ketones is 1. The zero-order chi connectivity index (χ0) is 17.3. The van der Waals surface area contributed by atoms with Crippen molar-refractivity contribution in [3.05, 3.63) is 0 Å². The summed E-state index contributed by atoms with van der Waals surface area (Å²) in [5, 5.41) is 11.3. The fourth-order valence-electron chi connectivity index (χ4n) is 2.59. The van der Waals surface area contributed by atoms with E-state index in [1.54, 1.807) is 0 Å². The van der Waals surface area contributed by atoms with Crippen LogP contribution in [0.25, 0.3) is 0 Å². The topological polar surface area (TPSA) is 66.7 Å². The average Bonchev–Trinajstić information content (AvgIpc) is 2.52. The monoisotopic (exact) mass is 341 g/mol. The van der Waals surface area contributed by atoms with Crippen LogP contribution in [-0.4, -0.2) is 28.6 Å². The molecule has 5 heteroatoms. The molecule has 0 aromatic heterocycles. The minimum absolute atomic E-state index is 0.0479. The Morgan fingerprint density at radius 1 is 1.04 bits per heavy atom. The van der Waals surface area contributed by atoms with E-state index in [9.17, 15) is 9.59 Å². The second kappa shape index (κ2) is 15.8. The summed E-state index contributed by atoms with van der Waals surface area (Å²) in [6.07, 6.45) is 11.8. The Morgan fingerprint density at radius 3 is 2.13 bits per heavy atom. The molecular formula is C18H31NO3S. The molecule has 0 aliphatic carbocycles. The summed E-state index contributed by atoms with van der Waals surface area (Å²) in [5.41, 5.74) is 0. The molecule has 4 nitrogen and oxygen atoms in total. The van der Waals surface area contributed by atoms with Crippen LogP contribution in [-0.2, 0) is 9.59 Å². The first kappa shape index (κ1) is 21.9. The van der Waals surface area contributed by atoms with E-state index in [1.807, 2.05) is 0 Å². The summed E-state index contributed by atoms with van der Waals surface area (Å²) in [4.78, 5) is 26.7. The number of Topliss-reactive ketones (excluding diaryl/α,β-unsaturated/α-hetero) is 1. The third kappa shape index (κ3) is 14.3. The van der Waals surface area contributed by atoms with Gasteiger partial charge < -0.3 is 5.11 Å². The number of aliphatic carboxylic acids is 1. The molecular weight excluding hydrogens is 310 g/mol. The molecule has 0 aliphatic heterocycles. The van der Waals surface area contributed by atoms with Crippen LogP contribution in [0, 0.1) is 5.92 Å². The molecule has 0 aromatic rings. The van der Waals surface area contributed by atoms with Crippen LogP contribution in [0.4, 0.5) is 0 Å². The molecule has 0 bridgehead atoms. The average molecular weight is 342 g/mol. The van der Waals surface area contributed by atoms with Gasteiger partial charge in [-0.05, 0) is 25.1 Å². The minimum atomic E-state index is -0.926. The highest BCUT2D eigenvalue weighted by Gasteiger charge is 2.20. The van der Waals surface area contributed by atoms with E-state index in [0.29, 0.717) is 19.4 Å². The molecule has 132 valence electrons. The van der Waals surface area contributed by atoms with E-state index in [-0.39, 0.29) is 12.2 Å². The molecule has 0 rings (SSSR count). The van der Waals surface area contributed by atoms with Gasteiger partial charge in [-0.1, -0.05) is 58.3 Å². The van der Waals surface area contributed by atoms with Gasteiger partial charge in [0, 0.05) is 12.8 Å². The van der Waals surface area contributed by atoms with Crippen molar-refractivity contribution in [3.63, 3.8) is 0 Å². The van der Waals surface area contributed by atoms with Crippen LogP contribution in [0.15, 0.2) is 4.99 Å². The number of carboxylic acid groups (broad SMARTS) is 1. The molecule has 1 N–H and O–H groups in total. The summed E-state index contributed by atoms with van der Waals surface area (Å²) in [5.74, 6) is -1.52. The maximum absolute atomic E-state index is 11.9. The Balaban J connectivity index is 3.67. The van der Waals surface area contributed by atoms with Crippen LogP contribution in [0.5, 0.6) is 0 Å². The van der Waals surface area contributed by atoms with Crippen molar-refractivity contribution in [3.8, 4) is 0 Å². The zero-order valence-corrected chi connectivity index (χ0v) is 15.2. The Bertz CT molecular complexity index is 378. The summed E-state index contributed by atoms with van der Waals surface area (Å²) in [7, 11) is 0. The predicted molar refractivity (Wildman–Crippen MR) is 97.1 cm³/mol. The van der Waals surface area contributed by atoms with Gasteiger partial charge >= 0.3 is 5.97 Å². The lowest BCUT2D eigenvalue weighted by molar-refractivity contribution is -0.144. The molecule has 23 heavy (non-hydrogen) atoms. The normalized spacial score (nSPS) is 11.7. The van der Waals surface area contributed by atoms with Crippen molar-refractivity contribution >= 4 is 29.1 Å². The first-order valence-electron chi connectivity index (χ1n) is 8.90. The van der Waals surface area contributed by atoms with E-state index in [2.05, 4.69) is 29.3 Å². The van der Waals surface area contributed by atoms with Crippen LogP contribution >= 0.6 is 12.2 Å². The van der Waals surface area contributed by atoms with Crippen LogP contribution in [0.1, 0.15) is 84.0 Å². The Hall–Kier alpha value is -1.06. The zero-order valence-electron chi connectivity index (χ0n) is 14.4. The number of thiocarbonyl (C=S) groups is 1.